The zero-order valence-corrected chi connectivity index (χ0v) is 21.8. The van der Waals surface area contributed by atoms with E-state index >= 15 is 0 Å². The van der Waals surface area contributed by atoms with Gasteiger partial charge in [0.05, 0.1) is 28.3 Å². The number of rotatable bonds is 5. The number of nitrogens with zero attached hydrogens (tertiary/aromatic N) is 4. The molecular formula is C27H19FN4O5S2. The number of ether oxygens (including phenoxy) is 1. The maximum Gasteiger partial charge on any atom is 0.273 e. The lowest BCUT2D eigenvalue weighted by molar-refractivity contribution is 0.0730. The summed E-state index contributed by atoms with van der Waals surface area (Å²) < 4.78 is 53.2. The number of benzene rings is 2. The first-order valence-electron chi connectivity index (χ1n) is 11.6. The predicted octanol–water partition coefficient (Wildman–Crippen LogP) is 2.35. The lowest BCUT2D eigenvalue weighted by Crippen LogP contribution is -2.40. The number of morpholine rings is 1. The third-order valence-corrected chi connectivity index (χ3v) is 9.00. The molecule has 0 saturated carbocycles. The van der Waals surface area contributed by atoms with E-state index in [1.807, 2.05) is 0 Å². The molecule has 1 aliphatic heterocycles. The van der Waals surface area contributed by atoms with Crippen molar-refractivity contribution in [3.05, 3.63) is 91.8 Å². The number of sulfonamides is 1. The van der Waals surface area contributed by atoms with Gasteiger partial charge in [-0.15, -0.1) is 11.3 Å². The van der Waals surface area contributed by atoms with Crippen molar-refractivity contribution in [1.29, 1.82) is 10.5 Å². The van der Waals surface area contributed by atoms with E-state index in [1.54, 1.807) is 36.4 Å². The third kappa shape index (κ3) is 5.19. The number of hydrogen-bond acceptors (Lipinski definition) is 8. The molecule has 2 aromatic heterocycles. The normalized spacial score (nSPS) is 14.6. The van der Waals surface area contributed by atoms with Crippen molar-refractivity contribution in [1.82, 2.24) is 8.87 Å². The Morgan fingerprint density at radius 2 is 1.64 bits per heavy atom. The van der Waals surface area contributed by atoms with Crippen molar-refractivity contribution < 1.29 is 22.0 Å². The Kier molecular flexibility index (Phi) is 7.28. The van der Waals surface area contributed by atoms with Crippen molar-refractivity contribution in [2.45, 2.75) is 4.90 Å². The van der Waals surface area contributed by atoms with Gasteiger partial charge in [0.2, 0.25) is 10.0 Å². The van der Waals surface area contributed by atoms with Crippen molar-refractivity contribution in [2.75, 3.05) is 26.3 Å². The molecule has 0 atom stereocenters. The first kappa shape index (κ1) is 26.3. The second-order valence-electron chi connectivity index (χ2n) is 8.37. The van der Waals surface area contributed by atoms with Crippen molar-refractivity contribution in [3.8, 4) is 29.1 Å². The number of halogens is 1. The second-order valence-corrected chi connectivity index (χ2v) is 11.3. The summed E-state index contributed by atoms with van der Waals surface area (Å²) in [6, 6.07) is 18.4. The molecule has 1 saturated heterocycles. The molecule has 0 radical (unpaired) electrons. The van der Waals surface area contributed by atoms with Gasteiger partial charge >= 0.3 is 0 Å². The fourth-order valence-corrected chi connectivity index (χ4v) is 6.48. The second kappa shape index (κ2) is 10.8. The molecule has 196 valence electrons. The highest BCUT2D eigenvalue weighted by atomic mass is 32.2. The first-order chi connectivity index (χ1) is 18.8. The molecule has 1 aliphatic rings. The van der Waals surface area contributed by atoms with Crippen molar-refractivity contribution in [3.63, 3.8) is 0 Å². The van der Waals surface area contributed by atoms with Gasteiger partial charge < -0.3 is 9.15 Å². The van der Waals surface area contributed by atoms with Gasteiger partial charge in [0, 0.05) is 24.7 Å². The molecule has 0 unspecified atom stereocenters. The summed E-state index contributed by atoms with van der Waals surface area (Å²) in [4.78, 5) is 13.4. The maximum absolute atomic E-state index is 13.4. The van der Waals surface area contributed by atoms with Crippen LogP contribution in [0.25, 0.3) is 28.7 Å². The lowest BCUT2D eigenvalue weighted by atomic mass is 10.2. The molecule has 0 bridgehead atoms. The summed E-state index contributed by atoms with van der Waals surface area (Å²) in [5.41, 5.74) is 0.187. The lowest BCUT2D eigenvalue weighted by Gasteiger charge is -2.26. The standard InChI is InChI=1S/C27H19FN4O5S2/c28-20-3-5-21(6-4-20)32-26(33)25(38-27(32)19(16-29)17-30)15-22-7-10-24(37-22)18-1-8-23(9-2-18)39(34,35)31-11-13-36-14-12-31/h1-10,15H,11-14H2/b25-15+. The van der Waals surface area contributed by atoms with Crippen LogP contribution in [0.2, 0.25) is 0 Å². The maximum atomic E-state index is 13.4. The molecule has 3 heterocycles. The summed E-state index contributed by atoms with van der Waals surface area (Å²) in [5.74, 6) is 0.296. The summed E-state index contributed by atoms with van der Waals surface area (Å²) in [6.07, 6.45) is 1.49. The molecular weight excluding hydrogens is 543 g/mol. The monoisotopic (exact) mass is 562 g/mol. The van der Waals surface area contributed by atoms with E-state index in [4.69, 9.17) is 9.15 Å². The van der Waals surface area contributed by atoms with Gasteiger partial charge in [-0.1, -0.05) is 0 Å². The highest BCUT2D eigenvalue weighted by Crippen LogP contribution is 2.25. The number of hydrogen-bond donors (Lipinski definition) is 0. The quantitative estimate of drug-likeness (QED) is 0.365. The summed E-state index contributed by atoms with van der Waals surface area (Å²) in [6.45, 7) is 1.32. The predicted molar refractivity (Wildman–Crippen MR) is 141 cm³/mol. The molecule has 5 rings (SSSR count). The first-order valence-corrected chi connectivity index (χ1v) is 13.9. The van der Waals surface area contributed by atoms with E-state index in [0.717, 1.165) is 11.3 Å². The SMILES string of the molecule is N#CC(C#N)=c1s/c(=C/c2ccc(-c3ccc(S(=O)(=O)N4CCOCC4)cc3)o2)c(=O)n1-c1ccc(F)cc1. The molecule has 2 aromatic carbocycles. The molecule has 12 heteroatoms. The van der Waals surface area contributed by atoms with Crippen LogP contribution < -0.4 is 14.8 Å². The van der Waals surface area contributed by atoms with E-state index in [9.17, 15) is 28.1 Å². The average Bonchev–Trinajstić information content (AvgIpc) is 3.55. The van der Waals surface area contributed by atoms with Crippen LogP contribution >= 0.6 is 11.3 Å². The molecule has 0 aliphatic carbocycles. The Bertz CT molecular complexity index is 1890. The molecule has 4 aromatic rings. The van der Waals surface area contributed by atoms with Crippen LogP contribution in [0.1, 0.15) is 5.76 Å². The highest BCUT2D eigenvalue weighted by Gasteiger charge is 2.26. The fourth-order valence-electron chi connectivity index (χ4n) is 4.04. The van der Waals surface area contributed by atoms with Crippen molar-refractivity contribution >= 4 is 33.0 Å². The van der Waals surface area contributed by atoms with Gasteiger partial charge in [-0.3, -0.25) is 9.36 Å². The van der Waals surface area contributed by atoms with E-state index in [0.29, 0.717) is 49.1 Å². The molecule has 0 spiro atoms. The Morgan fingerprint density at radius 3 is 2.28 bits per heavy atom. The Labute approximate surface area is 226 Å². The Balaban J connectivity index is 1.50. The van der Waals surface area contributed by atoms with E-state index < -0.39 is 21.4 Å². The van der Waals surface area contributed by atoms with Crippen molar-refractivity contribution in [2.24, 2.45) is 0 Å². The minimum Gasteiger partial charge on any atom is -0.457 e. The Morgan fingerprint density at radius 1 is 0.974 bits per heavy atom. The molecule has 9 nitrogen and oxygen atoms in total. The summed E-state index contributed by atoms with van der Waals surface area (Å²) in [5, 5.41) is 18.8. The van der Waals surface area contributed by atoms with Gasteiger partial charge in [-0.05, 0) is 60.7 Å². The van der Waals surface area contributed by atoms with E-state index in [-0.39, 0.29) is 19.7 Å². The van der Waals surface area contributed by atoms with Crippen LogP contribution in [0, 0.1) is 28.5 Å². The highest BCUT2D eigenvalue weighted by molar-refractivity contribution is 7.89. The third-order valence-electron chi connectivity index (χ3n) is 5.99. The number of nitriles is 2. The zero-order valence-electron chi connectivity index (χ0n) is 20.2. The van der Waals surface area contributed by atoms with Crippen LogP contribution in [0.15, 0.2) is 74.8 Å². The average molecular weight is 563 g/mol. The zero-order chi connectivity index (χ0) is 27.6. The van der Waals surface area contributed by atoms with Crippen LogP contribution in [-0.2, 0) is 14.8 Å². The summed E-state index contributed by atoms with van der Waals surface area (Å²) in [7, 11) is -3.63. The molecule has 0 N–H and O–H groups in total. The molecule has 39 heavy (non-hydrogen) atoms. The van der Waals surface area contributed by atoms with Crippen LogP contribution in [0.4, 0.5) is 4.39 Å². The van der Waals surface area contributed by atoms with Gasteiger partial charge in [0.1, 0.15) is 34.1 Å². The topological polar surface area (TPSA) is 129 Å². The van der Waals surface area contributed by atoms with Gasteiger partial charge in [0.15, 0.2) is 5.57 Å². The molecule has 0 amide bonds. The van der Waals surface area contributed by atoms with Crippen LogP contribution in [0.3, 0.4) is 0 Å². The fraction of sp³-hybridized carbons (Fsp3) is 0.148. The van der Waals surface area contributed by atoms with Crippen LogP contribution in [-0.4, -0.2) is 43.6 Å². The van der Waals surface area contributed by atoms with Gasteiger partial charge in [-0.25, -0.2) is 12.8 Å². The number of aromatic nitrogens is 1. The van der Waals surface area contributed by atoms with E-state index in [2.05, 4.69) is 0 Å². The minimum atomic E-state index is -3.63. The largest absolute Gasteiger partial charge is 0.457 e. The Hall–Kier alpha value is -4.33. The number of furan rings is 1. The number of thiazole rings is 1. The van der Waals surface area contributed by atoms with Crippen LogP contribution in [0.5, 0.6) is 0 Å². The van der Waals surface area contributed by atoms with Gasteiger partial charge in [-0.2, -0.15) is 14.8 Å². The minimum absolute atomic E-state index is 0.117. The smallest absolute Gasteiger partial charge is 0.273 e. The van der Waals surface area contributed by atoms with E-state index in [1.165, 1.54) is 51.3 Å². The molecule has 1 fully saturated rings. The summed E-state index contributed by atoms with van der Waals surface area (Å²) >= 11 is 0.939. The van der Waals surface area contributed by atoms with Gasteiger partial charge in [0.25, 0.3) is 5.56 Å².